The molecule has 0 radical (unpaired) electrons. The highest BCUT2D eigenvalue weighted by atomic mass is 16.1. The van der Waals surface area contributed by atoms with Gasteiger partial charge in [0.15, 0.2) is 0 Å². The number of hydrogen-bond donors (Lipinski definition) is 1. The molecule has 1 aliphatic heterocycles. The first kappa shape index (κ1) is 20.1. The highest BCUT2D eigenvalue weighted by molar-refractivity contribution is 6.04. The fourth-order valence-corrected chi connectivity index (χ4v) is 3.80. The van der Waals surface area contributed by atoms with E-state index in [0.717, 1.165) is 40.9 Å². The number of rotatable bonds is 5. The number of carbonyl (C=O) groups excluding carboxylic acids is 1. The maximum absolute atomic E-state index is 12.5. The molecule has 0 bridgehead atoms. The molecule has 32 heavy (non-hydrogen) atoms. The van der Waals surface area contributed by atoms with Gasteiger partial charge in [0.1, 0.15) is 11.6 Å². The lowest BCUT2D eigenvalue weighted by molar-refractivity contribution is 0.102. The van der Waals surface area contributed by atoms with Gasteiger partial charge in [0, 0.05) is 66.8 Å². The van der Waals surface area contributed by atoms with Crippen molar-refractivity contribution >= 4 is 28.4 Å². The highest BCUT2D eigenvalue weighted by Crippen LogP contribution is 2.35. The molecule has 0 unspecified atom stereocenters. The monoisotopic (exact) mass is 428 g/mol. The molecule has 1 N–H and O–H groups in total. The van der Waals surface area contributed by atoms with Crippen molar-refractivity contribution < 1.29 is 4.79 Å². The second-order valence-electron chi connectivity index (χ2n) is 8.24. The Morgan fingerprint density at radius 3 is 2.62 bits per heavy atom. The van der Waals surface area contributed by atoms with Crippen LogP contribution in [0.2, 0.25) is 0 Å². The lowest BCUT2D eigenvalue weighted by atomic mass is 10.0. The Morgan fingerprint density at radius 1 is 1.16 bits per heavy atom. The van der Waals surface area contributed by atoms with Crippen LogP contribution < -0.4 is 10.2 Å². The van der Waals surface area contributed by atoms with Crippen LogP contribution in [0.3, 0.4) is 0 Å². The van der Waals surface area contributed by atoms with E-state index in [4.69, 9.17) is 4.98 Å². The number of nitrogens with zero attached hydrogens (tertiary/aromatic N) is 7. The molecular weight excluding hydrogens is 404 g/mol. The number of aromatic nitrogens is 5. The molecule has 162 valence electrons. The zero-order valence-corrected chi connectivity index (χ0v) is 18.2. The van der Waals surface area contributed by atoms with Gasteiger partial charge in [-0.2, -0.15) is 5.10 Å². The Hall–Kier alpha value is -3.85. The van der Waals surface area contributed by atoms with Crippen molar-refractivity contribution in [1.29, 1.82) is 0 Å². The van der Waals surface area contributed by atoms with Gasteiger partial charge in [-0.25, -0.2) is 9.97 Å². The largest absolute Gasteiger partial charge is 0.353 e. The number of fused-ring (bicyclic) bond motifs is 1. The van der Waals surface area contributed by atoms with Crippen molar-refractivity contribution in [2.24, 2.45) is 7.05 Å². The molecule has 5 heterocycles. The normalized spacial score (nSPS) is 14.1. The smallest absolute Gasteiger partial charge is 0.256 e. The number of nitrogens with one attached hydrogen (secondary N) is 1. The molecule has 1 aliphatic rings. The second kappa shape index (κ2) is 8.01. The number of carbonyl (C=O) groups is 1. The maximum atomic E-state index is 12.5. The predicted octanol–water partition coefficient (Wildman–Crippen LogP) is 2.43. The minimum Gasteiger partial charge on any atom is -0.353 e. The van der Waals surface area contributed by atoms with Crippen LogP contribution in [0.25, 0.3) is 22.0 Å². The molecule has 0 saturated carbocycles. The average molecular weight is 429 g/mol. The molecule has 1 amide bonds. The predicted molar refractivity (Wildman–Crippen MR) is 124 cm³/mol. The van der Waals surface area contributed by atoms with Crippen molar-refractivity contribution in [2.45, 2.75) is 6.04 Å². The van der Waals surface area contributed by atoms with E-state index in [-0.39, 0.29) is 5.91 Å². The first-order valence-electron chi connectivity index (χ1n) is 10.4. The summed E-state index contributed by atoms with van der Waals surface area (Å²) < 4.78 is 1.79. The van der Waals surface area contributed by atoms with E-state index in [0.29, 0.717) is 17.4 Å². The summed E-state index contributed by atoms with van der Waals surface area (Å²) in [5, 5.41) is 8.09. The van der Waals surface area contributed by atoms with Crippen LogP contribution >= 0.6 is 0 Å². The summed E-state index contributed by atoms with van der Waals surface area (Å²) in [4.78, 5) is 30.3. The van der Waals surface area contributed by atoms with Gasteiger partial charge in [0.2, 0.25) is 0 Å². The summed E-state index contributed by atoms with van der Waals surface area (Å²) in [5.74, 6) is 1.17. The van der Waals surface area contributed by atoms with Crippen molar-refractivity contribution in [2.75, 3.05) is 37.4 Å². The molecule has 5 rings (SSSR count). The second-order valence-corrected chi connectivity index (χ2v) is 8.24. The summed E-state index contributed by atoms with van der Waals surface area (Å²) in [5.41, 5.74) is 3.33. The van der Waals surface area contributed by atoms with E-state index >= 15 is 0 Å². The van der Waals surface area contributed by atoms with Crippen LogP contribution in [0.1, 0.15) is 10.4 Å². The quantitative estimate of drug-likeness (QED) is 0.522. The van der Waals surface area contributed by atoms with Gasteiger partial charge in [0.25, 0.3) is 5.91 Å². The SMILES string of the molecule is CN(C)C1CN(c2nc3cnc(NC(=O)c4ccncc4)cc3cc2-c2cnn(C)c2)C1. The minimum atomic E-state index is -0.230. The molecule has 9 nitrogen and oxygen atoms in total. The number of amides is 1. The number of hydrogen-bond acceptors (Lipinski definition) is 7. The topological polar surface area (TPSA) is 92.1 Å². The summed E-state index contributed by atoms with van der Waals surface area (Å²) in [7, 11) is 6.10. The van der Waals surface area contributed by atoms with Crippen molar-refractivity contribution in [3.63, 3.8) is 0 Å². The fourth-order valence-electron chi connectivity index (χ4n) is 3.80. The Balaban J connectivity index is 1.51. The molecule has 4 aromatic rings. The molecule has 0 aromatic carbocycles. The lowest BCUT2D eigenvalue weighted by Crippen LogP contribution is -2.57. The van der Waals surface area contributed by atoms with Gasteiger partial charge in [-0.05, 0) is 38.4 Å². The van der Waals surface area contributed by atoms with Gasteiger partial charge in [-0.3, -0.25) is 14.5 Å². The van der Waals surface area contributed by atoms with Crippen LogP contribution in [0.4, 0.5) is 11.6 Å². The molecule has 0 spiro atoms. The van der Waals surface area contributed by atoms with Gasteiger partial charge in [0.05, 0.1) is 17.9 Å². The number of anilines is 2. The standard InChI is InChI=1S/C23H24N8O/c1-29(2)18-13-31(14-18)22-19(17-10-26-30(3)12-17)8-16-9-21(25-11-20(16)27-22)28-23(32)15-4-6-24-7-5-15/h4-12,18H,13-14H2,1-3H3,(H,25,28,32). The van der Waals surface area contributed by atoms with Crippen molar-refractivity contribution in [3.05, 3.63) is 60.8 Å². The van der Waals surface area contributed by atoms with Gasteiger partial charge in [-0.1, -0.05) is 0 Å². The van der Waals surface area contributed by atoms with Crippen molar-refractivity contribution in [1.82, 2.24) is 29.6 Å². The Kier molecular flexibility index (Phi) is 5.02. The highest BCUT2D eigenvalue weighted by Gasteiger charge is 2.31. The van der Waals surface area contributed by atoms with E-state index in [9.17, 15) is 4.79 Å². The van der Waals surface area contributed by atoms with Crippen LogP contribution in [0, 0.1) is 0 Å². The van der Waals surface area contributed by atoms with Crippen LogP contribution in [0.5, 0.6) is 0 Å². The summed E-state index contributed by atoms with van der Waals surface area (Å²) in [6, 6.07) is 7.79. The van der Waals surface area contributed by atoms with E-state index in [1.54, 1.807) is 35.4 Å². The first-order valence-corrected chi connectivity index (χ1v) is 10.4. The van der Waals surface area contributed by atoms with E-state index in [2.05, 4.69) is 50.3 Å². The maximum Gasteiger partial charge on any atom is 0.256 e. The lowest BCUT2D eigenvalue weighted by Gasteiger charge is -2.44. The number of pyridine rings is 3. The Morgan fingerprint density at radius 2 is 1.94 bits per heavy atom. The minimum absolute atomic E-state index is 0.230. The fraction of sp³-hybridized carbons (Fsp3) is 0.261. The molecule has 1 saturated heterocycles. The molecule has 0 atom stereocenters. The summed E-state index contributed by atoms with van der Waals surface area (Å²) in [6.45, 7) is 1.85. The van der Waals surface area contributed by atoms with Crippen LogP contribution in [-0.4, -0.2) is 68.8 Å². The van der Waals surface area contributed by atoms with Gasteiger partial charge < -0.3 is 15.1 Å². The third-order valence-corrected chi connectivity index (χ3v) is 5.77. The molecule has 9 heteroatoms. The van der Waals surface area contributed by atoms with Crippen molar-refractivity contribution in [3.8, 4) is 11.1 Å². The first-order chi connectivity index (χ1) is 15.5. The number of aryl methyl sites for hydroxylation is 1. The van der Waals surface area contributed by atoms with Gasteiger partial charge in [-0.15, -0.1) is 0 Å². The van der Waals surface area contributed by atoms with Crippen LogP contribution in [-0.2, 0) is 7.05 Å². The Labute approximate surface area is 185 Å². The molecule has 4 aromatic heterocycles. The molecular formula is C23H24N8O. The molecule has 0 aliphatic carbocycles. The zero-order valence-electron chi connectivity index (χ0n) is 18.2. The third-order valence-electron chi connectivity index (χ3n) is 5.77. The Bertz CT molecular complexity index is 1280. The van der Waals surface area contributed by atoms with E-state index in [1.807, 2.05) is 25.5 Å². The molecule has 1 fully saturated rings. The zero-order chi connectivity index (χ0) is 22.2. The summed E-state index contributed by atoms with van der Waals surface area (Å²) in [6.07, 6.45) is 8.72. The van der Waals surface area contributed by atoms with E-state index < -0.39 is 0 Å². The van der Waals surface area contributed by atoms with E-state index in [1.165, 1.54) is 0 Å². The average Bonchev–Trinajstić information content (AvgIpc) is 3.18. The van der Waals surface area contributed by atoms with Crippen LogP contribution in [0.15, 0.2) is 55.2 Å². The third kappa shape index (κ3) is 3.78. The summed E-state index contributed by atoms with van der Waals surface area (Å²) >= 11 is 0. The number of likely N-dealkylation sites (N-methyl/N-ethyl adjacent to an activating group) is 1. The van der Waals surface area contributed by atoms with Gasteiger partial charge >= 0.3 is 0 Å².